The van der Waals surface area contributed by atoms with Crippen LogP contribution >= 0.6 is 0 Å². The van der Waals surface area contributed by atoms with Crippen molar-refractivity contribution in [3.8, 4) is 5.75 Å². The second-order valence-electron chi connectivity index (χ2n) is 8.00. The third-order valence-electron chi connectivity index (χ3n) is 4.62. The molecule has 1 aromatic carbocycles. The summed E-state index contributed by atoms with van der Waals surface area (Å²) in [5.41, 5.74) is 0.768. The maximum Gasteiger partial charge on any atom is 0.410 e. The zero-order valence-electron chi connectivity index (χ0n) is 15.7. The van der Waals surface area contributed by atoms with Crippen molar-refractivity contribution in [2.45, 2.75) is 58.2 Å². The van der Waals surface area contributed by atoms with Crippen LogP contribution in [0.25, 0.3) is 0 Å². The van der Waals surface area contributed by atoms with E-state index in [1.165, 1.54) is 18.5 Å². The van der Waals surface area contributed by atoms with Gasteiger partial charge < -0.3 is 19.3 Å². The van der Waals surface area contributed by atoms with E-state index in [0.29, 0.717) is 6.54 Å². The highest BCUT2D eigenvalue weighted by Gasteiger charge is 2.28. The van der Waals surface area contributed by atoms with Crippen LogP contribution in [0.15, 0.2) is 24.3 Å². The van der Waals surface area contributed by atoms with Crippen molar-refractivity contribution >= 4 is 11.8 Å². The first-order valence-electron chi connectivity index (χ1n) is 9.40. The molecule has 138 valence electrons. The summed E-state index contributed by atoms with van der Waals surface area (Å²) in [6, 6.07) is 8.33. The highest BCUT2D eigenvalue weighted by atomic mass is 16.6. The van der Waals surface area contributed by atoms with E-state index >= 15 is 0 Å². The molecule has 25 heavy (non-hydrogen) atoms. The number of hydrogen-bond donors (Lipinski definition) is 0. The number of piperidine rings is 1. The average Bonchev–Trinajstić information content (AvgIpc) is 3.08. The summed E-state index contributed by atoms with van der Waals surface area (Å²) in [4.78, 5) is 16.5. The molecular weight excluding hydrogens is 316 g/mol. The van der Waals surface area contributed by atoms with Crippen LogP contribution < -0.4 is 9.64 Å². The molecule has 3 rings (SSSR count). The molecule has 5 heteroatoms. The molecule has 1 aromatic rings. The smallest absolute Gasteiger partial charge is 0.410 e. The third kappa shape index (κ3) is 5.03. The van der Waals surface area contributed by atoms with Gasteiger partial charge in [0.2, 0.25) is 0 Å². The first-order chi connectivity index (χ1) is 11.9. The Kier molecular flexibility index (Phi) is 5.40. The Labute approximate surface area is 150 Å². The summed E-state index contributed by atoms with van der Waals surface area (Å²) in [5, 5.41) is 0. The molecule has 1 atom stereocenters. The summed E-state index contributed by atoms with van der Waals surface area (Å²) in [5.74, 6) is 0.889. The molecule has 1 unspecified atom stereocenters. The SMILES string of the molecule is CC(C)(C)OC(=O)N1CCCC(Oc2cccc(N3CCCC3)c2)C1. The summed E-state index contributed by atoms with van der Waals surface area (Å²) in [7, 11) is 0. The lowest BCUT2D eigenvalue weighted by atomic mass is 10.1. The molecule has 2 saturated heterocycles. The van der Waals surface area contributed by atoms with Crippen molar-refractivity contribution in [2.75, 3.05) is 31.1 Å². The maximum atomic E-state index is 12.3. The van der Waals surface area contributed by atoms with Crippen LogP contribution in [0.4, 0.5) is 10.5 Å². The topological polar surface area (TPSA) is 42.0 Å². The lowest BCUT2D eigenvalue weighted by molar-refractivity contribution is 0.00776. The number of amides is 1. The number of ether oxygens (including phenoxy) is 2. The lowest BCUT2D eigenvalue weighted by Gasteiger charge is -2.34. The number of likely N-dealkylation sites (tertiary alicyclic amines) is 1. The molecule has 0 saturated carbocycles. The van der Waals surface area contributed by atoms with Crippen LogP contribution in [-0.4, -0.2) is 48.9 Å². The number of rotatable bonds is 3. The molecule has 1 amide bonds. The number of benzene rings is 1. The molecule has 2 aliphatic rings. The van der Waals surface area contributed by atoms with Gasteiger partial charge in [-0.15, -0.1) is 0 Å². The molecule has 2 aliphatic heterocycles. The summed E-state index contributed by atoms with van der Waals surface area (Å²) in [6.45, 7) is 9.26. The Morgan fingerprint density at radius 2 is 1.88 bits per heavy atom. The van der Waals surface area contributed by atoms with Crippen LogP contribution in [0.1, 0.15) is 46.5 Å². The Morgan fingerprint density at radius 1 is 1.12 bits per heavy atom. The lowest BCUT2D eigenvalue weighted by Crippen LogP contribution is -2.46. The fraction of sp³-hybridized carbons (Fsp3) is 0.650. The van der Waals surface area contributed by atoms with Crippen LogP contribution in [0.2, 0.25) is 0 Å². The summed E-state index contributed by atoms with van der Waals surface area (Å²) in [6.07, 6.45) is 4.21. The molecule has 0 aromatic heterocycles. The van der Waals surface area contributed by atoms with E-state index in [1.807, 2.05) is 26.8 Å². The molecule has 0 radical (unpaired) electrons. The van der Waals surface area contributed by atoms with Gasteiger partial charge >= 0.3 is 6.09 Å². The van der Waals surface area contributed by atoms with Gasteiger partial charge in [0.15, 0.2) is 0 Å². The van der Waals surface area contributed by atoms with Crippen LogP contribution in [0, 0.1) is 0 Å². The van der Waals surface area contributed by atoms with E-state index < -0.39 is 5.60 Å². The Balaban J connectivity index is 1.59. The summed E-state index contributed by atoms with van der Waals surface area (Å²) < 4.78 is 11.7. The van der Waals surface area contributed by atoms with Crippen molar-refractivity contribution in [3.63, 3.8) is 0 Å². The van der Waals surface area contributed by atoms with Gasteiger partial charge in [0.1, 0.15) is 17.5 Å². The Morgan fingerprint density at radius 3 is 2.60 bits per heavy atom. The fourth-order valence-corrected chi connectivity index (χ4v) is 3.45. The van der Waals surface area contributed by atoms with Gasteiger partial charge in [-0.2, -0.15) is 0 Å². The first kappa shape index (κ1) is 17.9. The van der Waals surface area contributed by atoms with E-state index in [0.717, 1.165) is 38.2 Å². The monoisotopic (exact) mass is 346 g/mol. The quantitative estimate of drug-likeness (QED) is 0.827. The fourth-order valence-electron chi connectivity index (χ4n) is 3.45. The van der Waals surface area contributed by atoms with E-state index in [9.17, 15) is 4.79 Å². The van der Waals surface area contributed by atoms with Crippen LogP contribution in [0.5, 0.6) is 5.75 Å². The standard InChI is InChI=1S/C20H30N2O3/c1-20(2,3)25-19(23)22-13-7-10-18(15-22)24-17-9-6-8-16(14-17)21-11-4-5-12-21/h6,8-9,14,18H,4-5,7,10-13,15H2,1-3H3. The number of hydrogen-bond acceptors (Lipinski definition) is 4. The number of nitrogens with zero attached hydrogens (tertiary/aromatic N) is 2. The predicted molar refractivity (Wildman–Crippen MR) is 99.3 cm³/mol. The second kappa shape index (κ2) is 7.54. The summed E-state index contributed by atoms with van der Waals surface area (Å²) >= 11 is 0. The number of anilines is 1. The molecule has 2 fully saturated rings. The maximum absolute atomic E-state index is 12.3. The molecular formula is C20H30N2O3. The van der Waals surface area contributed by atoms with Gasteiger partial charge in [-0.05, 0) is 58.6 Å². The molecule has 0 bridgehead atoms. The highest BCUT2D eigenvalue weighted by molar-refractivity contribution is 5.68. The van der Waals surface area contributed by atoms with Gasteiger partial charge in [0.05, 0.1) is 6.54 Å². The van der Waals surface area contributed by atoms with Crippen LogP contribution in [-0.2, 0) is 4.74 Å². The van der Waals surface area contributed by atoms with E-state index in [-0.39, 0.29) is 12.2 Å². The van der Waals surface area contributed by atoms with Crippen LogP contribution in [0.3, 0.4) is 0 Å². The highest BCUT2D eigenvalue weighted by Crippen LogP contribution is 2.26. The van der Waals surface area contributed by atoms with Crippen molar-refractivity contribution in [1.29, 1.82) is 0 Å². The predicted octanol–water partition coefficient (Wildman–Crippen LogP) is 4.07. The van der Waals surface area contributed by atoms with Gasteiger partial charge in [-0.1, -0.05) is 6.07 Å². The van der Waals surface area contributed by atoms with Crippen molar-refractivity contribution in [2.24, 2.45) is 0 Å². The minimum absolute atomic E-state index is 0.0232. The largest absolute Gasteiger partial charge is 0.489 e. The minimum Gasteiger partial charge on any atom is -0.489 e. The van der Waals surface area contributed by atoms with Crippen molar-refractivity contribution in [1.82, 2.24) is 4.90 Å². The second-order valence-corrected chi connectivity index (χ2v) is 8.00. The number of carbonyl (C=O) groups excluding carboxylic acids is 1. The van der Waals surface area contributed by atoms with Gasteiger partial charge in [-0.25, -0.2) is 4.79 Å². The first-order valence-corrected chi connectivity index (χ1v) is 9.40. The normalized spacial score (nSPS) is 21.3. The Hall–Kier alpha value is -1.91. The van der Waals surface area contributed by atoms with E-state index in [4.69, 9.17) is 9.47 Å². The molecule has 0 aliphatic carbocycles. The molecule has 0 N–H and O–H groups in total. The minimum atomic E-state index is -0.463. The number of carbonyl (C=O) groups is 1. The molecule has 0 spiro atoms. The molecule has 5 nitrogen and oxygen atoms in total. The van der Waals surface area contributed by atoms with E-state index in [1.54, 1.807) is 4.90 Å². The Bertz CT molecular complexity index is 591. The third-order valence-corrected chi connectivity index (χ3v) is 4.62. The van der Waals surface area contributed by atoms with Gasteiger partial charge in [-0.3, -0.25) is 0 Å². The molecule has 2 heterocycles. The van der Waals surface area contributed by atoms with Crippen molar-refractivity contribution in [3.05, 3.63) is 24.3 Å². The van der Waals surface area contributed by atoms with Gasteiger partial charge in [0, 0.05) is 31.4 Å². The van der Waals surface area contributed by atoms with Crippen molar-refractivity contribution < 1.29 is 14.3 Å². The van der Waals surface area contributed by atoms with E-state index in [2.05, 4.69) is 23.1 Å². The zero-order chi connectivity index (χ0) is 17.9. The average molecular weight is 346 g/mol. The van der Waals surface area contributed by atoms with Gasteiger partial charge in [0.25, 0.3) is 0 Å². The zero-order valence-corrected chi connectivity index (χ0v) is 15.7.